The van der Waals surface area contributed by atoms with Crippen molar-refractivity contribution in [2.75, 3.05) is 5.73 Å². The van der Waals surface area contributed by atoms with Gasteiger partial charge < -0.3 is 15.7 Å². The minimum atomic E-state index is -0.428. The zero-order valence-corrected chi connectivity index (χ0v) is 13.9. The number of benzene rings is 1. The molecule has 5 heteroatoms. The van der Waals surface area contributed by atoms with Gasteiger partial charge in [0.1, 0.15) is 5.82 Å². The number of nitrogens with zero attached hydrogens (tertiary/aromatic N) is 2. The molecule has 2 heterocycles. The van der Waals surface area contributed by atoms with Crippen LogP contribution in [0.15, 0.2) is 24.4 Å². The van der Waals surface area contributed by atoms with Crippen LogP contribution in [0.4, 0.5) is 10.1 Å². The summed E-state index contributed by atoms with van der Waals surface area (Å²) in [4.78, 5) is 4.58. The molecule has 3 rings (SSSR count). The van der Waals surface area contributed by atoms with Gasteiger partial charge in [0.2, 0.25) is 0 Å². The zero-order chi connectivity index (χ0) is 16.8. The summed E-state index contributed by atoms with van der Waals surface area (Å²) >= 11 is 0. The van der Waals surface area contributed by atoms with Crippen molar-refractivity contribution in [3.63, 3.8) is 0 Å². The standard InChI is InChI=1S/C18H23FN4/c1-4-13-9-23-10-18(3,8-11(2)16(21)17(23)22-13)14-7-12(20)5-6-15(14)19/h5-7,9,11,21H,4,8,10,20H2,1-3H3. The topological polar surface area (TPSA) is 67.7 Å². The molecule has 23 heavy (non-hydrogen) atoms. The van der Waals surface area contributed by atoms with Crippen LogP contribution >= 0.6 is 0 Å². The maximum absolute atomic E-state index is 14.5. The fraction of sp³-hybridized carbons (Fsp3) is 0.444. The molecule has 0 saturated carbocycles. The van der Waals surface area contributed by atoms with Gasteiger partial charge in [-0.15, -0.1) is 0 Å². The number of halogens is 1. The van der Waals surface area contributed by atoms with E-state index in [2.05, 4.69) is 11.9 Å². The van der Waals surface area contributed by atoms with Crippen molar-refractivity contribution in [3.05, 3.63) is 47.3 Å². The number of nitrogens with one attached hydrogen (secondary N) is 1. The maximum atomic E-state index is 14.5. The van der Waals surface area contributed by atoms with Crippen LogP contribution in [-0.4, -0.2) is 15.3 Å². The maximum Gasteiger partial charge on any atom is 0.154 e. The number of aromatic nitrogens is 2. The number of hydrogen-bond donors (Lipinski definition) is 2. The van der Waals surface area contributed by atoms with Gasteiger partial charge in [0.25, 0.3) is 0 Å². The first kappa shape index (κ1) is 15.7. The van der Waals surface area contributed by atoms with Gasteiger partial charge >= 0.3 is 0 Å². The van der Waals surface area contributed by atoms with Gasteiger partial charge in [0.05, 0.1) is 11.4 Å². The molecule has 0 fully saturated rings. The lowest BCUT2D eigenvalue weighted by atomic mass is 9.75. The van der Waals surface area contributed by atoms with Gasteiger partial charge in [-0.2, -0.15) is 0 Å². The Morgan fingerprint density at radius 1 is 1.48 bits per heavy atom. The van der Waals surface area contributed by atoms with Crippen molar-refractivity contribution in [2.45, 2.75) is 45.6 Å². The first-order valence-corrected chi connectivity index (χ1v) is 8.04. The SMILES string of the molecule is CCc1cn2c(n1)C(=N)C(C)CC(C)(c1cc(N)ccc1F)C2. The predicted molar refractivity (Wildman–Crippen MR) is 90.4 cm³/mol. The van der Waals surface area contributed by atoms with E-state index in [4.69, 9.17) is 11.1 Å². The Morgan fingerprint density at radius 3 is 2.91 bits per heavy atom. The quantitative estimate of drug-likeness (QED) is 0.833. The number of imidazole rings is 1. The van der Waals surface area contributed by atoms with E-state index in [-0.39, 0.29) is 11.7 Å². The van der Waals surface area contributed by atoms with E-state index in [1.807, 2.05) is 24.6 Å². The lowest BCUT2D eigenvalue weighted by Gasteiger charge is -2.31. The molecule has 3 N–H and O–H groups in total. The number of hydrogen-bond acceptors (Lipinski definition) is 3. The highest BCUT2D eigenvalue weighted by Crippen LogP contribution is 2.38. The number of aryl methyl sites for hydroxylation is 1. The number of rotatable bonds is 2. The van der Waals surface area contributed by atoms with Crippen LogP contribution in [0.5, 0.6) is 0 Å². The van der Waals surface area contributed by atoms with Crippen LogP contribution in [0, 0.1) is 17.1 Å². The molecule has 2 unspecified atom stereocenters. The van der Waals surface area contributed by atoms with Crippen molar-refractivity contribution in [3.8, 4) is 0 Å². The van der Waals surface area contributed by atoms with Gasteiger partial charge in [-0.1, -0.05) is 20.8 Å². The molecule has 1 aromatic carbocycles. The fourth-order valence-electron chi connectivity index (χ4n) is 3.62. The predicted octanol–water partition coefficient (Wildman–Crippen LogP) is 3.53. The Hall–Kier alpha value is -2.17. The molecule has 1 aromatic heterocycles. The van der Waals surface area contributed by atoms with Crippen LogP contribution in [0.3, 0.4) is 0 Å². The average molecular weight is 314 g/mol. The molecule has 0 bridgehead atoms. The van der Waals surface area contributed by atoms with E-state index in [0.717, 1.165) is 12.1 Å². The summed E-state index contributed by atoms with van der Waals surface area (Å²) in [5.74, 6) is 0.483. The first-order valence-electron chi connectivity index (χ1n) is 8.04. The number of fused-ring (bicyclic) bond motifs is 1. The molecule has 0 amide bonds. The highest BCUT2D eigenvalue weighted by molar-refractivity contribution is 5.97. The van der Waals surface area contributed by atoms with Crippen molar-refractivity contribution >= 4 is 11.4 Å². The second-order valence-electron chi connectivity index (χ2n) is 6.86. The first-order chi connectivity index (χ1) is 10.8. The molecule has 2 aromatic rings. The van der Waals surface area contributed by atoms with Crippen molar-refractivity contribution < 1.29 is 4.39 Å². The summed E-state index contributed by atoms with van der Waals surface area (Å²) in [6.45, 7) is 6.71. The van der Waals surface area contributed by atoms with E-state index in [9.17, 15) is 4.39 Å². The zero-order valence-electron chi connectivity index (χ0n) is 13.9. The molecule has 0 spiro atoms. The van der Waals surface area contributed by atoms with E-state index in [1.54, 1.807) is 12.1 Å². The smallest absolute Gasteiger partial charge is 0.154 e. The van der Waals surface area contributed by atoms with E-state index in [0.29, 0.717) is 35.8 Å². The third-order valence-electron chi connectivity index (χ3n) is 4.84. The van der Waals surface area contributed by atoms with Gasteiger partial charge in [-0.05, 0) is 36.6 Å². The molecule has 0 radical (unpaired) electrons. The molecule has 1 aliphatic heterocycles. The van der Waals surface area contributed by atoms with E-state index >= 15 is 0 Å². The highest BCUT2D eigenvalue weighted by atomic mass is 19.1. The Kier molecular flexibility index (Phi) is 3.74. The van der Waals surface area contributed by atoms with Crippen LogP contribution in [0.2, 0.25) is 0 Å². The molecular weight excluding hydrogens is 291 g/mol. The monoisotopic (exact) mass is 314 g/mol. The Labute approximate surface area is 136 Å². The largest absolute Gasteiger partial charge is 0.399 e. The number of nitrogens with two attached hydrogens (primary N) is 1. The summed E-state index contributed by atoms with van der Waals surface area (Å²) in [6, 6.07) is 4.75. The molecule has 1 aliphatic rings. The molecule has 0 aliphatic carbocycles. The van der Waals surface area contributed by atoms with Gasteiger partial charge in [-0.3, -0.25) is 0 Å². The van der Waals surface area contributed by atoms with Crippen LogP contribution in [0.25, 0.3) is 0 Å². The van der Waals surface area contributed by atoms with Crippen LogP contribution in [-0.2, 0) is 18.4 Å². The van der Waals surface area contributed by atoms with Gasteiger partial charge in [0, 0.05) is 29.8 Å². The summed E-state index contributed by atoms with van der Waals surface area (Å²) in [5, 5.41) is 8.44. The fourth-order valence-corrected chi connectivity index (χ4v) is 3.62. The second kappa shape index (κ2) is 5.48. The molecule has 4 nitrogen and oxygen atoms in total. The highest BCUT2D eigenvalue weighted by Gasteiger charge is 2.37. The second-order valence-corrected chi connectivity index (χ2v) is 6.86. The summed E-state index contributed by atoms with van der Waals surface area (Å²) in [7, 11) is 0. The Bertz CT molecular complexity index is 764. The Balaban J connectivity index is 2.13. The summed E-state index contributed by atoms with van der Waals surface area (Å²) < 4.78 is 16.5. The van der Waals surface area contributed by atoms with Crippen LogP contribution < -0.4 is 5.73 Å². The molecule has 122 valence electrons. The normalized spacial score (nSPS) is 24.3. The molecule has 0 saturated heterocycles. The number of anilines is 1. The number of nitrogen functional groups attached to an aromatic ring is 1. The van der Waals surface area contributed by atoms with Crippen molar-refractivity contribution in [2.24, 2.45) is 5.92 Å². The molecule has 2 atom stereocenters. The van der Waals surface area contributed by atoms with Crippen LogP contribution in [0.1, 0.15) is 44.3 Å². The van der Waals surface area contributed by atoms with Gasteiger partial charge in [-0.25, -0.2) is 9.37 Å². The van der Waals surface area contributed by atoms with Gasteiger partial charge in [0.15, 0.2) is 5.82 Å². The average Bonchev–Trinajstić information content (AvgIpc) is 2.87. The van der Waals surface area contributed by atoms with E-state index < -0.39 is 5.41 Å². The summed E-state index contributed by atoms with van der Waals surface area (Å²) in [6.07, 6.45) is 3.51. The third-order valence-corrected chi connectivity index (χ3v) is 4.84. The lowest BCUT2D eigenvalue weighted by molar-refractivity contribution is 0.341. The Morgan fingerprint density at radius 2 is 2.22 bits per heavy atom. The third kappa shape index (κ3) is 2.64. The minimum absolute atomic E-state index is 0.00851. The van der Waals surface area contributed by atoms with E-state index in [1.165, 1.54) is 6.07 Å². The van der Waals surface area contributed by atoms with Crippen molar-refractivity contribution in [1.29, 1.82) is 5.41 Å². The van der Waals surface area contributed by atoms with Crippen molar-refractivity contribution in [1.82, 2.24) is 9.55 Å². The summed E-state index contributed by atoms with van der Waals surface area (Å²) in [5.41, 5.74) is 8.14. The minimum Gasteiger partial charge on any atom is -0.399 e. The molecular formula is C18H23FN4. The lowest BCUT2D eigenvalue weighted by Crippen LogP contribution is -2.30.